The first kappa shape index (κ1) is 13.3. The Bertz CT molecular complexity index is 508. The van der Waals surface area contributed by atoms with E-state index in [4.69, 9.17) is 22.7 Å². The summed E-state index contributed by atoms with van der Waals surface area (Å²) in [6.07, 6.45) is 3.96. The fraction of sp³-hybridized carbons (Fsp3) is 0.500. The Labute approximate surface area is 127 Å². The number of rotatable bonds is 2. The third kappa shape index (κ3) is 2.51. The second kappa shape index (κ2) is 5.38. The van der Waals surface area contributed by atoms with Crippen molar-refractivity contribution >= 4 is 38.8 Å². The van der Waals surface area contributed by atoms with Crippen LogP contribution in [0.25, 0.3) is 0 Å². The summed E-state index contributed by atoms with van der Waals surface area (Å²) in [5.41, 5.74) is 7.97. The highest BCUT2D eigenvalue weighted by Crippen LogP contribution is 2.35. The van der Waals surface area contributed by atoms with Crippen LogP contribution in [-0.4, -0.2) is 30.3 Å². The number of nitrogens with two attached hydrogens (primary N) is 1. The van der Waals surface area contributed by atoms with Gasteiger partial charge in [-0.1, -0.05) is 28.1 Å². The standard InChI is InChI=1S/C14H17BrN2OS/c15-9-4-5-10(14(16)19)12(8-9)17-6-7-18-13-3-1-2-11(13)17/h4-5,8,11,13H,1-3,6-7H2,(H2,16,19). The Hall–Kier alpha value is -0.650. The molecule has 102 valence electrons. The average Bonchev–Trinajstić information content (AvgIpc) is 2.86. The lowest BCUT2D eigenvalue weighted by molar-refractivity contribution is 0.0256. The first-order valence-electron chi connectivity index (χ1n) is 6.64. The van der Waals surface area contributed by atoms with Crippen molar-refractivity contribution in [1.82, 2.24) is 0 Å². The zero-order chi connectivity index (χ0) is 13.4. The van der Waals surface area contributed by atoms with Gasteiger partial charge in [-0.05, 0) is 37.5 Å². The van der Waals surface area contributed by atoms with Crippen LogP contribution >= 0.6 is 28.1 Å². The predicted octanol–water partition coefficient (Wildman–Crippen LogP) is 2.84. The second-order valence-electron chi connectivity index (χ2n) is 5.13. The van der Waals surface area contributed by atoms with E-state index in [1.54, 1.807) is 0 Å². The molecule has 1 aliphatic heterocycles. The van der Waals surface area contributed by atoms with Crippen molar-refractivity contribution in [3.8, 4) is 0 Å². The quantitative estimate of drug-likeness (QED) is 0.840. The van der Waals surface area contributed by atoms with Crippen LogP contribution < -0.4 is 10.6 Å². The third-order valence-electron chi connectivity index (χ3n) is 4.02. The number of hydrogen-bond acceptors (Lipinski definition) is 3. The van der Waals surface area contributed by atoms with Gasteiger partial charge in [0.25, 0.3) is 0 Å². The maximum Gasteiger partial charge on any atom is 0.106 e. The van der Waals surface area contributed by atoms with E-state index < -0.39 is 0 Å². The Morgan fingerprint density at radius 1 is 1.42 bits per heavy atom. The molecule has 0 radical (unpaired) electrons. The van der Waals surface area contributed by atoms with Crippen LogP contribution in [0.5, 0.6) is 0 Å². The van der Waals surface area contributed by atoms with Crippen LogP contribution in [0, 0.1) is 0 Å². The van der Waals surface area contributed by atoms with E-state index in [9.17, 15) is 0 Å². The highest BCUT2D eigenvalue weighted by Gasteiger charge is 2.37. The number of anilines is 1. The van der Waals surface area contributed by atoms with Gasteiger partial charge in [-0.3, -0.25) is 0 Å². The molecule has 2 atom stereocenters. The van der Waals surface area contributed by atoms with Gasteiger partial charge in [0.1, 0.15) is 4.99 Å². The molecule has 1 saturated heterocycles. The van der Waals surface area contributed by atoms with E-state index in [-0.39, 0.29) is 0 Å². The summed E-state index contributed by atoms with van der Waals surface area (Å²) in [7, 11) is 0. The molecule has 19 heavy (non-hydrogen) atoms. The summed E-state index contributed by atoms with van der Waals surface area (Å²) in [5.74, 6) is 0. The molecule has 3 rings (SSSR count). The van der Waals surface area contributed by atoms with Crippen molar-refractivity contribution < 1.29 is 4.74 Å². The third-order valence-corrected chi connectivity index (χ3v) is 4.73. The molecule has 1 saturated carbocycles. The van der Waals surface area contributed by atoms with Gasteiger partial charge in [-0.25, -0.2) is 0 Å². The van der Waals surface area contributed by atoms with Crippen molar-refractivity contribution in [2.75, 3.05) is 18.1 Å². The van der Waals surface area contributed by atoms with Gasteiger partial charge in [0, 0.05) is 22.3 Å². The van der Waals surface area contributed by atoms with Gasteiger partial charge in [-0.2, -0.15) is 0 Å². The molecule has 0 bridgehead atoms. The van der Waals surface area contributed by atoms with E-state index in [0.717, 1.165) is 35.3 Å². The fourth-order valence-corrected chi connectivity index (χ4v) is 3.70. The maximum atomic E-state index is 5.87. The molecule has 5 heteroatoms. The molecule has 0 aromatic heterocycles. The molecule has 3 nitrogen and oxygen atoms in total. The van der Waals surface area contributed by atoms with E-state index >= 15 is 0 Å². The molecule has 1 aromatic carbocycles. The molecular formula is C14H17BrN2OS. The number of halogens is 1. The second-order valence-corrected chi connectivity index (χ2v) is 6.48. The Morgan fingerprint density at radius 2 is 2.26 bits per heavy atom. The van der Waals surface area contributed by atoms with Crippen molar-refractivity contribution in [2.45, 2.75) is 31.4 Å². The van der Waals surface area contributed by atoms with E-state index in [2.05, 4.69) is 26.9 Å². The number of morpholine rings is 1. The number of benzene rings is 1. The number of ether oxygens (including phenoxy) is 1. The molecule has 0 amide bonds. The number of fused-ring (bicyclic) bond motifs is 1. The summed E-state index contributed by atoms with van der Waals surface area (Å²) >= 11 is 8.73. The van der Waals surface area contributed by atoms with Crippen molar-refractivity contribution in [3.63, 3.8) is 0 Å². The maximum absolute atomic E-state index is 5.87. The average molecular weight is 341 g/mol. The molecule has 1 heterocycles. The van der Waals surface area contributed by atoms with Crippen molar-refractivity contribution in [2.24, 2.45) is 5.73 Å². The topological polar surface area (TPSA) is 38.5 Å². The first-order chi connectivity index (χ1) is 9.16. The Balaban J connectivity index is 2.00. The van der Waals surface area contributed by atoms with Gasteiger partial charge in [0.15, 0.2) is 0 Å². The molecule has 2 unspecified atom stereocenters. The van der Waals surface area contributed by atoms with Gasteiger partial charge < -0.3 is 15.4 Å². The number of hydrogen-bond donors (Lipinski definition) is 1. The highest BCUT2D eigenvalue weighted by atomic mass is 79.9. The SMILES string of the molecule is NC(=S)c1ccc(Br)cc1N1CCOC2CCCC21. The lowest BCUT2D eigenvalue weighted by Crippen LogP contribution is -2.49. The van der Waals surface area contributed by atoms with E-state index in [1.165, 1.54) is 12.8 Å². The predicted molar refractivity (Wildman–Crippen MR) is 84.8 cm³/mol. The monoisotopic (exact) mass is 340 g/mol. The summed E-state index contributed by atoms with van der Waals surface area (Å²) in [6.45, 7) is 1.69. The van der Waals surface area contributed by atoms with Crippen LogP contribution in [0.2, 0.25) is 0 Å². The lowest BCUT2D eigenvalue weighted by Gasteiger charge is -2.40. The summed E-state index contributed by atoms with van der Waals surface area (Å²) in [4.78, 5) is 2.89. The molecule has 1 aliphatic carbocycles. The summed E-state index contributed by atoms with van der Waals surface area (Å²) < 4.78 is 6.93. The lowest BCUT2D eigenvalue weighted by atomic mass is 10.1. The molecule has 1 aromatic rings. The summed E-state index contributed by atoms with van der Waals surface area (Å²) in [6, 6.07) is 6.58. The normalized spacial score (nSPS) is 26.3. The van der Waals surface area contributed by atoms with Gasteiger partial charge >= 0.3 is 0 Å². The zero-order valence-electron chi connectivity index (χ0n) is 10.6. The molecule has 2 aliphatic rings. The fourth-order valence-electron chi connectivity index (χ4n) is 3.18. The number of nitrogens with zero attached hydrogens (tertiary/aromatic N) is 1. The minimum Gasteiger partial charge on any atom is -0.389 e. The Morgan fingerprint density at radius 3 is 3.05 bits per heavy atom. The molecule has 2 fully saturated rings. The Kier molecular flexibility index (Phi) is 3.78. The van der Waals surface area contributed by atoms with Crippen molar-refractivity contribution in [1.29, 1.82) is 0 Å². The first-order valence-corrected chi connectivity index (χ1v) is 7.84. The van der Waals surface area contributed by atoms with Gasteiger partial charge in [-0.15, -0.1) is 0 Å². The minimum atomic E-state index is 0.368. The molecule has 0 spiro atoms. The highest BCUT2D eigenvalue weighted by molar-refractivity contribution is 9.10. The van der Waals surface area contributed by atoms with Crippen LogP contribution in [0.3, 0.4) is 0 Å². The molecule has 2 N–H and O–H groups in total. The van der Waals surface area contributed by atoms with Crippen LogP contribution in [0.15, 0.2) is 22.7 Å². The van der Waals surface area contributed by atoms with Crippen LogP contribution in [-0.2, 0) is 4.74 Å². The van der Waals surface area contributed by atoms with Crippen molar-refractivity contribution in [3.05, 3.63) is 28.2 Å². The van der Waals surface area contributed by atoms with E-state index in [0.29, 0.717) is 17.1 Å². The molecular weight excluding hydrogens is 324 g/mol. The number of thiocarbonyl (C=S) groups is 1. The van der Waals surface area contributed by atoms with Crippen LogP contribution in [0.4, 0.5) is 5.69 Å². The van der Waals surface area contributed by atoms with Crippen LogP contribution in [0.1, 0.15) is 24.8 Å². The minimum absolute atomic E-state index is 0.368. The zero-order valence-corrected chi connectivity index (χ0v) is 13.0. The van der Waals surface area contributed by atoms with Gasteiger partial charge in [0.05, 0.1) is 18.8 Å². The smallest absolute Gasteiger partial charge is 0.106 e. The van der Waals surface area contributed by atoms with Gasteiger partial charge in [0.2, 0.25) is 0 Å². The van der Waals surface area contributed by atoms with E-state index in [1.807, 2.05) is 12.1 Å². The summed E-state index contributed by atoms with van der Waals surface area (Å²) in [5, 5.41) is 0. The largest absolute Gasteiger partial charge is 0.389 e.